The van der Waals surface area contributed by atoms with Gasteiger partial charge in [0, 0.05) is 12.7 Å². The van der Waals surface area contributed by atoms with Gasteiger partial charge in [-0.15, -0.1) is 0 Å². The highest BCUT2D eigenvalue weighted by Gasteiger charge is 2.31. The fourth-order valence-corrected chi connectivity index (χ4v) is 1.47. The summed E-state index contributed by atoms with van der Waals surface area (Å²) in [5.74, 6) is 1.71. The van der Waals surface area contributed by atoms with Gasteiger partial charge in [0.15, 0.2) is 11.6 Å². The minimum absolute atomic E-state index is 0.698. The van der Waals surface area contributed by atoms with E-state index in [0.29, 0.717) is 6.02 Å². The molecule has 12 heavy (non-hydrogen) atoms. The maximum Gasteiger partial charge on any atom is 0.299 e. The zero-order valence-corrected chi connectivity index (χ0v) is 6.40. The van der Waals surface area contributed by atoms with Crippen LogP contribution in [0.2, 0.25) is 0 Å². The number of nitrogens with zero attached hydrogens (tertiary/aromatic N) is 3. The third kappa shape index (κ3) is 0.617. The number of hydrogen-bond acceptors (Lipinski definition) is 4. The highest BCUT2D eigenvalue weighted by atomic mass is 16.5. The van der Waals surface area contributed by atoms with E-state index in [-0.39, 0.29) is 0 Å². The fourth-order valence-electron chi connectivity index (χ4n) is 1.47. The summed E-state index contributed by atoms with van der Waals surface area (Å²) >= 11 is 0. The first-order valence-corrected chi connectivity index (χ1v) is 3.90. The van der Waals surface area contributed by atoms with E-state index in [0.717, 1.165) is 24.7 Å². The average molecular weight is 161 g/mol. The molecule has 0 bridgehead atoms. The lowest BCUT2D eigenvalue weighted by atomic mass is 10.4. The number of aromatic nitrogens is 1. The number of pyridine rings is 1. The van der Waals surface area contributed by atoms with Gasteiger partial charge >= 0.3 is 0 Å². The standard InChI is InChI=1S/C8H7N3O/c1-2-6-7(9-3-1)11-5-4-10-8(11)12-6/h1-3H,4-5H2. The Morgan fingerprint density at radius 2 is 2.50 bits per heavy atom. The van der Waals surface area contributed by atoms with Crippen molar-refractivity contribution in [3.8, 4) is 5.75 Å². The van der Waals surface area contributed by atoms with E-state index < -0.39 is 0 Å². The summed E-state index contributed by atoms with van der Waals surface area (Å²) in [5, 5.41) is 0. The fraction of sp³-hybridized carbons (Fsp3) is 0.250. The van der Waals surface area contributed by atoms with Crippen LogP contribution in [-0.2, 0) is 0 Å². The highest BCUT2D eigenvalue weighted by molar-refractivity contribution is 5.99. The van der Waals surface area contributed by atoms with Crippen molar-refractivity contribution in [2.75, 3.05) is 18.0 Å². The van der Waals surface area contributed by atoms with Crippen LogP contribution in [-0.4, -0.2) is 24.1 Å². The normalized spacial score (nSPS) is 18.3. The largest absolute Gasteiger partial charge is 0.422 e. The highest BCUT2D eigenvalue weighted by Crippen LogP contribution is 2.33. The Morgan fingerprint density at radius 3 is 3.50 bits per heavy atom. The van der Waals surface area contributed by atoms with Gasteiger partial charge in [0.1, 0.15) is 0 Å². The number of anilines is 1. The maximum absolute atomic E-state index is 5.44. The summed E-state index contributed by atoms with van der Waals surface area (Å²) in [7, 11) is 0. The third-order valence-electron chi connectivity index (χ3n) is 2.01. The molecule has 0 amide bonds. The van der Waals surface area contributed by atoms with E-state index in [9.17, 15) is 0 Å². The Bertz CT molecular complexity index is 361. The molecular formula is C8H7N3O. The predicted octanol–water partition coefficient (Wildman–Crippen LogP) is 0.650. The molecule has 0 N–H and O–H groups in total. The summed E-state index contributed by atoms with van der Waals surface area (Å²) in [5.41, 5.74) is 0. The second-order valence-corrected chi connectivity index (χ2v) is 2.74. The van der Waals surface area contributed by atoms with Gasteiger partial charge in [-0.25, -0.2) is 9.98 Å². The van der Waals surface area contributed by atoms with Gasteiger partial charge in [-0.05, 0) is 12.1 Å². The molecule has 60 valence electrons. The minimum Gasteiger partial charge on any atom is -0.422 e. The van der Waals surface area contributed by atoms with Crippen LogP contribution in [0.5, 0.6) is 5.75 Å². The first-order valence-electron chi connectivity index (χ1n) is 3.90. The summed E-state index contributed by atoms with van der Waals surface area (Å²) in [4.78, 5) is 10.4. The van der Waals surface area contributed by atoms with Crippen molar-refractivity contribution < 1.29 is 4.74 Å². The molecule has 0 aliphatic carbocycles. The Balaban J connectivity index is 2.17. The number of amidine groups is 1. The molecule has 0 spiro atoms. The Labute approximate surface area is 69.5 Å². The molecule has 0 radical (unpaired) electrons. The Hall–Kier alpha value is -1.58. The summed E-state index contributed by atoms with van der Waals surface area (Å²) in [6.45, 7) is 1.70. The molecule has 1 aromatic rings. The molecule has 0 fully saturated rings. The van der Waals surface area contributed by atoms with Gasteiger partial charge in [0.25, 0.3) is 6.02 Å². The lowest BCUT2D eigenvalue weighted by molar-refractivity contribution is 0.566. The van der Waals surface area contributed by atoms with E-state index in [1.165, 1.54) is 0 Å². The van der Waals surface area contributed by atoms with E-state index in [1.807, 2.05) is 17.0 Å². The van der Waals surface area contributed by atoms with Gasteiger partial charge in [0.05, 0.1) is 6.54 Å². The van der Waals surface area contributed by atoms with Gasteiger partial charge in [-0.1, -0.05) is 0 Å². The van der Waals surface area contributed by atoms with E-state index in [2.05, 4.69) is 9.98 Å². The number of hydrogen-bond donors (Lipinski definition) is 0. The van der Waals surface area contributed by atoms with Crippen LogP contribution in [0.3, 0.4) is 0 Å². The molecule has 0 saturated heterocycles. The molecule has 2 aliphatic heterocycles. The Morgan fingerprint density at radius 1 is 1.50 bits per heavy atom. The van der Waals surface area contributed by atoms with E-state index in [4.69, 9.17) is 4.74 Å². The molecule has 1 aromatic heterocycles. The molecule has 0 aromatic carbocycles. The van der Waals surface area contributed by atoms with Gasteiger partial charge in [-0.3, -0.25) is 4.90 Å². The quantitative estimate of drug-likeness (QED) is 0.560. The summed E-state index contributed by atoms with van der Waals surface area (Å²) in [6.07, 6.45) is 1.77. The van der Waals surface area contributed by atoms with Gasteiger partial charge < -0.3 is 4.74 Å². The molecule has 0 atom stereocenters. The predicted molar refractivity (Wildman–Crippen MR) is 44.5 cm³/mol. The van der Waals surface area contributed by atoms with Crippen LogP contribution in [0.4, 0.5) is 5.82 Å². The molecule has 4 nitrogen and oxygen atoms in total. The lowest BCUT2D eigenvalue weighted by Crippen LogP contribution is -2.25. The monoisotopic (exact) mass is 161 g/mol. The lowest BCUT2D eigenvalue weighted by Gasteiger charge is -2.06. The maximum atomic E-state index is 5.44. The average Bonchev–Trinajstić information content (AvgIpc) is 2.62. The van der Waals surface area contributed by atoms with Crippen LogP contribution in [0.25, 0.3) is 0 Å². The van der Waals surface area contributed by atoms with Crippen molar-refractivity contribution in [1.82, 2.24) is 4.98 Å². The van der Waals surface area contributed by atoms with E-state index >= 15 is 0 Å². The van der Waals surface area contributed by atoms with Crippen LogP contribution >= 0.6 is 0 Å². The SMILES string of the molecule is c1cnc2c(c1)OC1=NCCN12. The molecular weight excluding hydrogens is 154 g/mol. The second kappa shape index (κ2) is 1.97. The van der Waals surface area contributed by atoms with E-state index in [1.54, 1.807) is 6.20 Å². The number of aliphatic imine (C=N–C) groups is 1. The van der Waals surface area contributed by atoms with Crippen molar-refractivity contribution >= 4 is 11.8 Å². The van der Waals surface area contributed by atoms with Crippen LogP contribution in [0.1, 0.15) is 0 Å². The van der Waals surface area contributed by atoms with Crippen LogP contribution in [0, 0.1) is 0 Å². The topological polar surface area (TPSA) is 37.7 Å². The van der Waals surface area contributed by atoms with Crippen LogP contribution < -0.4 is 9.64 Å². The number of rotatable bonds is 0. The molecule has 0 saturated carbocycles. The van der Waals surface area contributed by atoms with Crippen molar-refractivity contribution in [2.24, 2.45) is 4.99 Å². The smallest absolute Gasteiger partial charge is 0.299 e. The minimum atomic E-state index is 0.698. The number of fused-ring (bicyclic) bond motifs is 3. The van der Waals surface area contributed by atoms with Gasteiger partial charge in [-0.2, -0.15) is 0 Å². The summed E-state index contributed by atoms with van der Waals surface area (Å²) < 4.78 is 5.44. The van der Waals surface area contributed by atoms with Crippen molar-refractivity contribution in [1.29, 1.82) is 0 Å². The molecule has 3 rings (SSSR count). The zero-order valence-electron chi connectivity index (χ0n) is 6.40. The summed E-state index contributed by atoms with van der Waals surface area (Å²) in [6, 6.07) is 4.47. The van der Waals surface area contributed by atoms with Crippen molar-refractivity contribution in [3.63, 3.8) is 0 Å². The second-order valence-electron chi connectivity index (χ2n) is 2.74. The Kier molecular flexibility index (Phi) is 0.983. The first-order chi connectivity index (χ1) is 5.95. The molecule has 0 unspecified atom stereocenters. The van der Waals surface area contributed by atoms with Crippen molar-refractivity contribution in [3.05, 3.63) is 18.3 Å². The first kappa shape index (κ1) is 5.99. The number of ether oxygens (including phenoxy) is 1. The third-order valence-corrected chi connectivity index (χ3v) is 2.01. The van der Waals surface area contributed by atoms with Crippen molar-refractivity contribution in [2.45, 2.75) is 0 Å². The molecule has 3 heterocycles. The zero-order chi connectivity index (χ0) is 7.97. The molecule has 4 heteroatoms. The van der Waals surface area contributed by atoms with Crippen LogP contribution in [0.15, 0.2) is 23.3 Å². The van der Waals surface area contributed by atoms with Gasteiger partial charge in [0.2, 0.25) is 0 Å². The molecule has 2 aliphatic rings.